The summed E-state index contributed by atoms with van der Waals surface area (Å²) in [5, 5.41) is 22.7. The molecule has 0 radical (unpaired) electrons. The maximum Gasteiger partial charge on any atom is 2.00 e. The normalized spacial score (nSPS) is 23.3. The summed E-state index contributed by atoms with van der Waals surface area (Å²) in [6, 6.07) is 0. The van der Waals surface area contributed by atoms with Gasteiger partial charge in [0.2, 0.25) is 0 Å². The van der Waals surface area contributed by atoms with Crippen molar-refractivity contribution in [2.75, 3.05) is 0 Å². The zero-order valence-corrected chi connectivity index (χ0v) is 15.2. The van der Waals surface area contributed by atoms with Crippen molar-refractivity contribution in [3.8, 4) is 0 Å². The first-order chi connectivity index (χ1) is 7.61. The van der Waals surface area contributed by atoms with E-state index in [1.165, 1.54) is 43.2 Å². The third-order valence-corrected chi connectivity index (χ3v) is 5.85. The van der Waals surface area contributed by atoms with Crippen LogP contribution in [0.3, 0.4) is 0 Å². The van der Waals surface area contributed by atoms with Crippen LogP contribution in [0.4, 0.5) is 0 Å². The van der Waals surface area contributed by atoms with Gasteiger partial charge in [0.25, 0.3) is 0 Å². The second kappa shape index (κ2) is 11.2. The van der Waals surface area contributed by atoms with Crippen molar-refractivity contribution in [3.05, 3.63) is 23.0 Å². The van der Waals surface area contributed by atoms with Crippen molar-refractivity contribution in [2.24, 2.45) is 0 Å². The molecule has 0 saturated carbocycles. The predicted octanol–water partition coefficient (Wildman–Crippen LogP) is -0.800. The van der Waals surface area contributed by atoms with E-state index in [1.54, 1.807) is 23.0 Å². The van der Waals surface area contributed by atoms with Gasteiger partial charge in [0, 0.05) is 0 Å². The van der Waals surface area contributed by atoms with Crippen LogP contribution in [-0.4, -0.2) is 27.9 Å². The van der Waals surface area contributed by atoms with Crippen LogP contribution in [0.15, 0.2) is 23.0 Å². The molecule has 2 heterocycles. The Balaban J connectivity index is 0. The maximum atomic E-state index is 10.0. The topological polar surface area (TPSA) is 112 Å². The van der Waals surface area contributed by atoms with E-state index in [9.17, 15) is 19.8 Å². The van der Waals surface area contributed by atoms with Gasteiger partial charge < -0.3 is 25.3 Å². The van der Waals surface area contributed by atoms with E-state index in [0.717, 1.165) is 0 Å². The number of rotatable bonds is 2. The molecule has 10 heteroatoms. The van der Waals surface area contributed by atoms with E-state index in [-0.39, 0.29) is 25.0 Å². The van der Waals surface area contributed by atoms with E-state index in [1.807, 2.05) is 0 Å². The summed E-state index contributed by atoms with van der Waals surface area (Å²) in [6.07, 6.45) is 3.23. The van der Waals surface area contributed by atoms with Gasteiger partial charge in [-0.2, -0.15) is 0 Å². The summed E-state index contributed by atoms with van der Waals surface area (Å²) >= 11 is 0. The van der Waals surface area contributed by atoms with E-state index >= 15 is 0 Å². The smallest absolute Gasteiger partial charge is 0.549 e. The van der Waals surface area contributed by atoms with Crippen LogP contribution in [0.1, 0.15) is 0 Å². The number of hydrogen-bond donors (Lipinski definition) is 0. The van der Waals surface area contributed by atoms with Crippen LogP contribution in [0, 0.1) is 0 Å². The Hall–Kier alpha value is 0.403. The Morgan fingerprint density at radius 2 is 1.22 bits per heavy atom. The molecule has 96 valence electrons. The van der Waals surface area contributed by atoms with Gasteiger partial charge in [-0.1, -0.05) is 55.3 Å². The molecule has 0 aliphatic carbocycles. The molecule has 2 aliphatic rings. The summed E-state index contributed by atoms with van der Waals surface area (Å²) in [4.78, 5) is 20.0. The second-order valence-electron chi connectivity index (χ2n) is 2.52. The van der Waals surface area contributed by atoms with Gasteiger partial charge in [-0.25, -0.2) is 0 Å². The van der Waals surface area contributed by atoms with Gasteiger partial charge >= 0.3 is 19.5 Å². The van der Waals surface area contributed by atoms with Crippen LogP contribution in [0.2, 0.25) is 0 Å². The summed E-state index contributed by atoms with van der Waals surface area (Å²) in [7, 11) is 5.44. The molecular formula is C8H8O5S4Zn. The molecule has 0 fully saturated rings. The molecule has 2 rings (SSSR count). The second-order valence-corrected chi connectivity index (χ2v) is 7.16. The monoisotopic (exact) mass is 376 g/mol. The number of carbonyl (C=O) groups excluding carboxylic acids is 2. The molecule has 0 spiro atoms. The van der Waals surface area contributed by atoms with Crippen molar-refractivity contribution < 1.29 is 44.8 Å². The number of aliphatic carboxylic acids is 2. The van der Waals surface area contributed by atoms with E-state index in [4.69, 9.17) is 0 Å². The molecule has 0 aromatic carbocycles. The van der Waals surface area contributed by atoms with Crippen molar-refractivity contribution in [2.45, 2.75) is 10.5 Å². The molecular weight excluding hydrogens is 370 g/mol. The minimum absolute atomic E-state index is 0. The quantitative estimate of drug-likeness (QED) is 0.454. The van der Waals surface area contributed by atoms with Crippen molar-refractivity contribution >= 4 is 55.1 Å². The molecule has 2 N–H and O–H groups in total. The van der Waals surface area contributed by atoms with Gasteiger partial charge in [0.05, 0.1) is 22.4 Å². The molecule has 2 aliphatic heterocycles. The zero-order valence-electron chi connectivity index (χ0n) is 8.94. The van der Waals surface area contributed by atoms with E-state index in [0.29, 0.717) is 0 Å². The van der Waals surface area contributed by atoms with Crippen LogP contribution in [0.25, 0.3) is 0 Å². The first-order valence-corrected chi connectivity index (χ1v) is 8.56. The molecule has 0 aromatic rings. The average Bonchev–Trinajstić information content (AvgIpc) is 2.93. The number of carboxylic acid groups (broad SMARTS) is 2. The molecule has 0 amide bonds. The van der Waals surface area contributed by atoms with Crippen LogP contribution in [-0.2, 0) is 29.1 Å². The number of carbonyl (C=O) groups is 2. The van der Waals surface area contributed by atoms with Crippen LogP contribution >= 0.6 is 43.2 Å². The van der Waals surface area contributed by atoms with Gasteiger partial charge in [0.1, 0.15) is 0 Å². The van der Waals surface area contributed by atoms with Gasteiger partial charge in [0.15, 0.2) is 0 Å². The molecule has 2 unspecified atom stereocenters. The van der Waals surface area contributed by atoms with Crippen molar-refractivity contribution in [1.82, 2.24) is 0 Å². The first kappa shape index (κ1) is 20.7. The number of carboxylic acids is 2. The number of hydrogen-bond acceptors (Lipinski definition) is 8. The van der Waals surface area contributed by atoms with E-state index < -0.39 is 22.4 Å². The third kappa shape index (κ3) is 7.75. The van der Waals surface area contributed by atoms with Crippen LogP contribution in [0.5, 0.6) is 0 Å². The van der Waals surface area contributed by atoms with Gasteiger partial charge in [-0.05, 0) is 10.8 Å². The molecule has 18 heavy (non-hydrogen) atoms. The SMILES string of the molecule is O.O=C([O-])C1C=CSS1.O=C([O-])C1C=CSS1.[Zn+2]. The minimum Gasteiger partial charge on any atom is -0.549 e. The molecule has 2 atom stereocenters. The molecule has 5 nitrogen and oxygen atoms in total. The van der Waals surface area contributed by atoms with Gasteiger partial charge in [-0.15, -0.1) is 0 Å². The summed E-state index contributed by atoms with van der Waals surface area (Å²) in [6.45, 7) is 0. The summed E-state index contributed by atoms with van der Waals surface area (Å²) in [5.74, 6) is -2.01. The predicted molar refractivity (Wildman–Crippen MR) is 69.8 cm³/mol. The fourth-order valence-electron chi connectivity index (χ4n) is 0.691. The Morgan fingerprint density at radius 1 is 0.889 bits per heavy atom. The standard InChI is InChI=1S/2C4H4O2S2.H2O.Zn/c2*5-4(6)3-1-2-7-8-3;;/h2*1-3H,(H,5,6);1H2;/q;;;+2/p-2. The molecule has 0 aromatic heterocycles. The van der Waals surface area contributed by atoms with Crippen molar-refractivity contribution in [1.29, 1.82) is 0 Å². The fraction of sp³-hybridized carbons (Fsp3) is 0.250. The Kier molecular flexibility index (Phi) is 12.9. The maximum absolute atomic E-state index is 10.0. The van der Waals surface area contributed by atoms with Gasteiger partial charge in [-0.3, -0.25) is 0 Å². The average molecular weight is 378 g/mol. The fourth-order valence-corrected chi connectivity index (χ4v) is 4.49. The Labute approximate surface area is 132 Å². The minimum atomic E-state index is -1.00. The largest absolute Gasteiger partial charge is 2.00 e. The van der Waals surface area contributed by atoms with Crippen molar-refractivity contribution in [3.63, 3.8) is 0 Å². The first-order valence-electron chi connectivity index (χ1n) is 4.00. The van der Waals surface area contributed by atoms with Crippen LogP contribution < -0.4 is 10.2 Å². The Bertz CT molecular complexity index is 303. The van der Waals surface area contributed by atoms with E-state index in [2.05, 4.69) is 0 Å². The molecule has 0 bridgehead atoms. The Morgan fingerprint density at radius 3 is 1.33 bits per heavy atom. The summed E-state index contributed by atoms with van der Waals surface area (Å²) < 4.78 is 0. The third-order valence-electron chi connectivity index (χ3n) is 1.40. The summed E-state index contributed by atoms with van der Waals surface area (Å²) in [5.41, 5.74) is 0. The zero-order chi connectivity index (χ0) is 12.0. The molecule has 0 saturated heterocycles.